The molecule has 6 heteroatoms. The van der Waals surface area contributed by atoms with Crippen molar-refractivity contribution in [2.24, 2.45) is 0 Å². The van der Waals surface area contributed by atoms with Crippen LogP contribution in [0, 0.1) is 0 Å². The summed E-state index contributed by atoms with van der Waals surface area (Å²) in [6.07, 6.45) is 4.05. The van der Waals surface area contributed by atoms with Gasteiger partial charge in [-0.05, 0) is 61.2 Å². The second-order valence-corrected chi connectivity index (χ2v) is 8.22. The lowest BCUT2D eigenvalue weighted by molar-refractivity contribution is 0.767. The van der Waals surface area contributed by atoms with Crippen LogP contribution in [0.25, 0.3) is 5.69 Å². The van der Waals surface area contributed by atoms with Crippen LogP contribution in [0.3, 0.4) is 0 Å². The fourth-order valence-electron chi connectivity index (χ4n) is 3.33. The smallest absolute Gasteiger partial charge is 0.133 e. The van der Waals surface area contributed by atoms with E-state index in [0.717, 1.165) is 53.0 Å². The van der Waals surface area contributed by atoms with Gasteiger partial charge >= 0.3 is 0 Å². The molecule has 4 rings (SSSR count). The molecule has 0 radical (unpaired) electrons. The topological polar surface area (TPSA) is 29.9 Å². The van der Waals surface area contributed by atoms with Crippen LogP contribution < -0.4 is 5.32 Å². The predicted octanol–water partition coefficient (Wildman–Crippen LogP) is 6.28. The second-order valence-electron chi connectivity index (χ2n) is 6.46. The Kier molecular flexibility index (Phi) is 5.25. The van der Waals surface area contributed by atoms with Crippen molar-refractivity contribution >= 4 is 44.9 Å². The van der Waals surface area contributed by atoms with E-state index in [1.807, 2.05) is 28.9 Å². The van der Waals surface area contributed by atoms with Gasteiger partial charge in [-0.2, -0.15) is 5.10 Å². The van der Waals surface area contributed by atoms with Crippen LogP contribution in [-0.4, -0.2) is 16.3 Å². The molecule has 0 amide bonds. The maximum Gasteiger partial charge on any atom is 0.133 e. The minimum atomic E-state index is 0.652. The zero-order chi connectivity index (χ0) is 18.1. The monoisotopic (exact) mass is 449 g/mol. The van der Waals surface area contributed by atoms with E-state index in [1.165, 1.54) is 5.56 Å². The minimum absolute atomic E-state index is 0.652. The van der Waals surface area contributed by atoms with E-state index in [9.17, 15) is 0 Å². The van der Waals surface area contributed by atoms with Gasteiger partial charge in [-0.25, -0.2) is 4.68 Å². The average Bonchev–Trinajstić information content (AvgIpc) is 2.80. The van der Waals surface area contributed by atoms with Gasteiger partial charge in [0.05, 0.1) is 11.4 Å². The molecular formula is C20H18BrCl2N3. The van der Waals surface area contributed by atoms with E-state index in [2.05, 4.69) is 33.4 Å². The number of nitrogens with zero attached hydrogens (tertiary/aromatic N) is 2. The standard InChI is InChI=1S/C20H18BrCl2N3/c21-14-5-8-16(9-6-14)26-20-17(3-1-2-10-24-20)19(25-26)11-13-4-7-15(22)12-18(13)23/h4-9,12,24H,1-3,10-11H2. The van der Waals surface area contributed by atoms with Gasteiger partial charge in [0, 0.05) is 33.0 Å². The van der Waals surface area contributed by atoms with Crippen LogP contribution in [-0.2, 0) is 12.8 Å². The summed E-state index contributed by atoms with van der Waals surface area (Å²) in [5.74, 6) is 1.10. The maximum atomic E-state index is 6.40. The van der Waals surface area contributed by atoms with Crippen molar-refractivity contribution in [3.05, 3.63) is 73.8 Å². The van der Waals surface area contributed by atoms with Gasteiger partial charge < -0.3 is 5.32 Å². The number of benzene rings is 2. The maximum absolute atomic E-state index is 6.40. The molecule has 0 atom stereocenters. The molecule has 2 heterocycles. The molecule has 134 valence electrons. The number of fused-ring (bicyclic) bond motifs is 1. The molecule has 0 unspecified atom stereocenters. The van der Waals surface area contributed by atoms with Crippen molar-refractivity contribution in [3.8, 4) is 5.69 Å². The SMILES string of the molecule is Clc1ccc(Cc2nn(-c3ccc(Br)cc3)c3c2CCCCN3)c(Cl)c1. The molecule has 0 saturated carbocycles. The molecule has 0 fully saturated rings. The highest BCUT2D eigenvalue weighted by molar-refractivity contribution is 9.10. The Morgan fingerprint density at radius 1 is 1.08 bits per heavy atom. The van der Waals surface area contributed by atoms with Gasteiger partial charge in [-0.1, -0.05) is 45.2 Å². The number of halogens is 3. The third-order valence-electron chi connectivity index (χ3n) is 4.66. The molecule has 1 aromatic heterocycles. The van der Waals surface area contributed by atoms with Crippen molar-refractivity contribution in [3.63, 3.8) is 0 Å². The highest BCUT2D eigenvalue weighted by Crippen LogP contribution is 2.31. The van der Waals surface area contributed by atoms with Gasteiger partial charge in [0.1, 0.15) is 5.82 Å². The summed E-state index contributed by atoms with van der Waals surface area (Å²) in [6, 6.07) is 13.9. The first-order valence-electron chi connectivity index (χ1n) is 8.66. The number of hydrogen-bond acceptors (Lipinski definition) is 2. The highest BCUT2D eigenvalue weighted by atomic mass is 79.9. The second kappa shape index (κ2) is 7.63. The lowest BCUT2D eigenvalue weighted by Gasteiger charge is -2.09. The van der Waals surface area contributed by atoms with E-state index >= 15 is 0 Å². The van der Waals surface area contributed by atoms with Crippen molar-refractivity contribution in [2.75, 3.05) is 11.9 Å². The molecule has 3 nitrogen and oxygen atoms in total. The van der Waals surface area contributed by atoms with E-state index < -0.39 is 0 Å². The van der Waals surface area contributed by atoms with Crippen LogP contribution in [0.1, 0.15) is 29.7 Å². The highest BCUT2D eigenvalue weighted by Gasteiger charge is 2.21. The summed E-state index contributed by atoms with van der Waals surface area (Å²) >= 11 is 15.9. The van der Waals surface area contributed by atoms with Crippen LogP contribution in [0.4, 0.5) is 5.82 Å². The zero-order valence-electron chi connectivity index (χ0n) is 14.1. The van der Waals surface area contributed by atoms with Crippen LogP contribution in [0.5, 0.6) is 0 Å². The molecule has 0 aliphatic carbocycles. The quantitative estimate of drug-likeness (QED) is 0.508. The first-order chi connectivity index (χ1) is 12.6. The predicted molar refractivity (Wildman–Crippen MR) is 112 cm³/mol. The molecule has 26 heavy (non-hydrogen) atoms. The van der Waals surface area contributed by atoms with Crippen molar-refractivity contribution < 1.29 is 0 Å². The van der Waals surface area contributed by atoms with Crippen LogP contribution in [0.15, 0.2) is 46.9 Å². The zero-order valence-corrected chi connectivity index (χ0v) is 17.2. The largest absolute Gasteiger partial charge is 0.370 e. The number of hydrogen-bond donors (Lipinski definition) is 1. The first kappa shape index (κ1) is 17.9. The third kappa shape index (κ3) is 3.64. The Hall–Kier alpha value is -1.49. The number of aromatic nitrogens is 2. The summed E-state index contributed by atoms with van der Waals surface area (Å²) in [4.78, 5) is 0. The summed E-state index contributed by atoms with van der Waals surface area (Å²) in [7, 11) is 0. The fraction of sp³-hybridized carbons (Fsp3) is 0.250. The Balaban J connectivity index is 1.78. The lowest BCUT2D eigenvalue weighted by atomic mass is 10.0. The summed E-state index contributed by atoms with van der Waals surface area (Å²) in [5, 5.41) is 9.85. The molecule has 1 aliphatic rings. The van der Waals surface area contributed by atoms with Gasteiger partial charge in [-0.15, -0.1) is 0 Å². The average molecular weight is 451 g/mol. The number of nitrogens with one attached hydrogen (secondary N) is 1. The van der Waals surface area contributed by atoms with Gasteiger partial charge in [0.25, 0.3) is 0 Å². The molecule has 1 aliphatic heterocycles. The Bertz CT molecular complexity index is 935. The molecule has 0 saturated heterocycles. The van der Waals surface area contributed by atoms with E-state index in [4.69, 9.17) is 28.3 Å². The van der Waals surface area contributed by atoms with Crippen molar-refractivity contribution in [1.29, 1.82) is 0 Å². The van der Waals surface area contributed by atoms with E-state index in [1.54, 1.807) is 6.07 Å². The van der Waals surface area contributed by atoms with E-state index in [-0.39, 0.29) is 0 Å². The molecule has 3 aromatic rings. The van der Waals surface area contributed by atoms with Gasteiger partial charge in [-0.3, -0.25) is 0 Å². The fourth-order valence-corrected chi connectivity index (χ4v) is 4.07. The molecule has 0 spiro atoms. The van der Waals surface area contributed by atoms with Crippen LogP contribution in [0.2, 0.25) is 10.0 Å². The molecule has 1 N–H and O–H groups in total. The van der Waals surface area contributed by atoms with Crippen molar-refractivity contribution in [1.82, 2.24) is 9.78 Å². The van der Waals surface area contributed by atoms with E-state index in [0.29, 0.717) is 16.5 Å². The van der Waals surface area contributed by atoms with Gasteiger partial charge in [0.15, 0.2) is 0 Å². The van der Waals surface area contributed by atoms with Crippen molar-refractivity contribution in [2.45, 2.75) is 25.7 Å². The minimum Gasteiger partial charge on any atom is -0.370 e. The normalized spacial score (nSPS) is 13.8. The van der Waals surface area contributed by atoms with Gasteiger partial charge in [0.2, 0.25) is 0 Å². The number of anilines is 1. The summed E-state index contributed by atoms with van der Waals surface area (Å²) < 4.78 is 3.08. The Morgan fingerprint density at radius 3 is 2.65 bits per heavy atom. The Labute approximate surface area is 171 Å². The third-order valence-corrected chi connectivity index (χ3v) is 5.77. The molecule has 0 bridgehead atoms. The van der Waals surface area contributed by atoms with Crippen LogP contribution >= 0.6 is 39.1 Å². The summed E-state index contributed by atoms with van der Waals surface area (Å²) in [5.41, 5.74) is 4.45. The lowest BCUT2D eigenvalue weighted by Crippen LogP contribution is -2.07. The molecular weight excluding hydrogens is 433 g/mol. The molecule has 2 aromatic carbocycles. The summed E-state index contributed by atoms with van der Waals surface area (Å²) in [6.45, 7) is 0.969. The first-order valence-corrected chi connectivity index (χ1v) is 10.2. The number of rotatable bonds is 3. The Morgan fingerprint density at radius 2 is 1.88 bits per heavy atom.